The molecule has 3 nitrogen and oxygen atoms in total. The summed E-state index contributed by atoms with van der Waals surface area (Å²) >= 11 is 1.76. The first-order chi connectivity index (χ1) is 10.3. The van der Waals surface area contributed by atoms with E-state index in [1.807, 2.05) is 18.5 Å². The van der Waals surface area contributed by atoms with Gasteiger partial charge in [-0.1, -0.05) is 25.1 Å². The fourth-order valence-electron chi connectivity index (χ4n) is 2.31. The Balaban J connectivity index is 1.73. The van der Waals surface area contributed by atoms with E-state index in [1.165, 1.54) is 15.8 Å². The first-order valence-electron chi connectivity index (χ1n) is 7.33. The van der Waals surface area contributed by atoms with Gasteiger partial charge in [0.1, 0.15) is 0 Å². The number of hydrogen-bond donors (Lipinski definition) is 1. The van der Waals surface area contributed by atoms with E-state index in [0.29, 0.717) is 0 Å². The Morgan fingerprint density at radius 3 is 2.86 bits per heavy atom. The molecule has 2 heterocycles. The summed E-state index contributed by atoms with van der Waals surface area (Å²) in [5.41, 5.74) is 3.55. The molecular formula is C17H19N3S. The van der Waals surface area contributed by atoms with Gasteiger partial charge >= 0.3 is 0 Å². The molecule has 3 rings (SSSR count). The number of pyridine rings is 1. The Morgan fingerprint density at radius 2 is 2.00 bits per heavy atom. The molecule has 0 saturated carbocycles. The number of nitrogens with zero attached hydrogens (tertiary/aromatic N) is 2. The van der Waals surface area contributed by atoms with Crippen molar-refractivity contribution in [2.45, 2.75) is 26.3 Å². The minimum Gasteiger partial charge on any atom is -0.313 e. The van der Waals surface area contributed by atoms with Gasteiger partial charge in [0.2, 0.25) is 0 Å². The number of nitrogens with one attached hydrogen (secondary N) is 1. The van der Waals surface area contributed by atoms with Crippen LogP contribution in [-0.4, -0.2) is 16.5 Å². The van der Waals surface area contributed by atoms with Crippen LogP contribution >= 0.6 is 11.3 Å². The minimum absolute atomic E-state index is 0.855. The van der Waals surface area contributed by atoms with Crippen molar-refractivity contribution in [3.8, 4) is 0 Å². The smallest absolute Gasteiger partial charge is 0.0983 e. The van der Waals surface area contributed by atoms with Crippen LogP contribution in [0, 0.1) is 0 Å². The van der Waals surface area contributed by atoms with Crippen molar-refractivity contribution in [3.63, 3.8) is 0 Å². The average Bonchev–Trinajstić information content (AvgIpc) is 2.90. The second kappa shape index (κ2) is 6.78. The normalized spacial score (nSPS) is 11.1. The van der Waals surface area contributed by atoms with Gasteiger partial charge in [-0.05, 0) is 36.2 Å². The molecule has 0 atom stereocenters. The monoisotopic (exact) mass is 297 g/mol. The fraction of sp³-hybridized carbons (Fsp3) is 0.294. The van der Waals surface area contributed by atoms with E-state index in [4.69, 9.17) is 0 Å². The van der Waals surface area contributed by atoms with Gasteiger partial charge in [-0.3, -0.25) is 4.98 Å². The number of hydrogen-bond acceptors (Lipinski definition) is 4. The lowest BCUT2D eigenvalue weighted by atomic mass is 10.1. The predicted molar refractivity (Wildman–Crippen MR) is 88.7 cm³/mol. The van der Waals surface area contributed by atoms with E-state index in [9.17, 15) is 0 Å². The summed E-state index contributed by atoms with van der Waals surface area (Å²) in [4.78, 5) is 9.04. The largest absolute Gasteiger partial charge is 0.313 e. The van der Waals surface area contributed by atoms with Crippen LogP contribution in [0.1, 0.15) is 29.5 Å². The Morgan fingerprint density at radius 1 is 1.14 bits per heavy atom. The second-order valence-corrected chi connectivity index (χ2v) is 6.25. The van der Waals surface area contributed by atoms with Crippen molar-refractivity contribution in [2.24, 2.45) is 0 Å². The number of fused-ring (bicyclic) bond motifs is 1. The first kappa shape index (κ1) is 14.2. The number of para-hydroxylation sites is 1. The molecule has 0 aliphatic heterocycles. The van der Waals surface area contributed by atoms with Gasteiger partial charge in [0.15, 0.2) is 0 Å². The molecule has 0 aliphatic rings. The zero-order valence-corrected chi connectivity index (χ0v) is 13.0. The van der Waals surface area contributed by atoms with Crippen LogP contribution < -0.4 is 5.32 Å². The molecular weight excluding hydrogens is 278 g/mol. The van der Waals surface area contributed by atoms with Gasteiger partial charge in [-0.15, -0.1) is 11.3 Å². The summed E-state index contributed by atoms with van der Waals surface area (Å²) < 4.78 is 1.25. The van der Waals surface area contributed by atoms with E-state index in [2.05, 4.69) is 46.5 Å². The van der Waals surface area contributed by atoms with E-state index in [1.54, 1.807) is 11.3 Å². The molecule has 0 fully saturated rings. The van der Waals surface area contributed by atoms with Gasteiger partial charge in [0, 0.05) is 25.4 Å². The molecule has 0 aliphatic carbocycles. The number of thiazole rings is 1. The third kappa shape index (κ3) is 3.65. The molecule has 0 amide bonds. The molecule has 108 valence electrons. The highest BCUT2D eigenvalue weighted by atomic mass is 32.1. The van der Waals surface area contributed by atoms with Crippen LogP contribution in [0.2, 0.25) is 0 Å². The predicted octanol–water partition coefficient (Wildman–Crippen LogP) is 3.78. The minimum atomic E-state index is 0.855. The zero-order valence-electron chi connectivity index (χ0n) is 12.2. The number of benzene rings is 1. The van der Waals surface area contributed by atoms with Crippen molar-refractivity contribution in [1.82, 2.24) is 15.3 Å². The quantitative estimate of drug-likeness (QED) is 0.704. The zero-order chi connectivity index (χ0) is 14.5. The van der Waals surface area contributed by atoms with Crippen molar-refractivity contribution in [2.75, 3.05) is 6.54 Å². The SMILES string of the molecule is CCCNCc1cncc(Cc2nc3ccccc3s2)c1. The summed E-state index contributed by atoms with van der Waals surface area (Å²) in [6, 6.07) is 10.5. The first-order valence-corrected chi connectivity index (χ1v) is 8.15. The summed E-state index contributed by atoms with van der Waals surface area (Å²) in [6.45, 7) is 4.10. The molecule has 4 heteroatoms. The highest BCUT2D eigenvalue weighted by Crippen LogP contribution is 2.23. The topological polar surface area (TPSA) is 37.8 Å². The van der Waals surface area contributed by atoms with Crippen LogP contribution in [0.25, 0.3) is 10.2 Å². The van der Waals surface area contributed by atoms with E-state index in [0.717, 1.165) is 36.5 Å². The summed E-state index contributed by atoms with van der Waals surface area (Å²) in [6.07, 6.45) is 5.88. The van der Waals surface area contributed by atoms with Crippen LogP contribution in [0.5, 0.6) is 0 Å². The highest BCUT2D eigenvalue weighted by Gasteiger charge is 2.05. The molecule has 0 spiro atoms. The fourth-order valence-corrected chi connectivity index (χ4v) is 3.32. The Kier molecular flexibility index (Phi) is 4.58. The highest BCUT2D eigenvalue weighted by molar-refractivity contribution is 7.18. The van der Waals surface area contributed by atoms with E-state index < -0.39 is 0 Å². The molecule has 3 aromatic rings. The van der Waals surface area contributed by atoms with Gasteiger partial charge in [-0.25, -0.2) is 4.98 Å². The summed E-state index contributed by atoms with van der Waals surface area (Å²) in [5.74, 6) is 0. The lowest BCUT2D eigenvalue weighted by molar-refractivity contribution is 0.673. The summed E-state index contributed by atoms with van der Waals surface area (Å²) in [7, 11) is 0. The van der Waals surface area contributed by atoms with Crippen molar-refractivity contribution < 1.29 is 0 Å². The maximum absolute atomic E-state index is 4.69. The maximum atomic E-state index is 4.69. The Bertz CT molecular complexity index is 688. The van der Waals surface area contributed by atoms with Crippen molar-refractivity contribution in [3.05, 3.63) is 58.9 Å². The maximum Gasteiger partial charge on any atom is 0.0983 e. The lowest BCUT2D eigenvalue weighted by Crippen LogP contribution is -2.14. The molecule has 2 aromatic heterocycles. The molecule has 0 saturated heterocycles. The Hall–Kier alpha value is -1.78. The standard InChI is InChI=1S/C17H19N3S/c1-2-7-18-11-14-8-13(10-19-12-14)9-17-20-15-5-3-4-6-16(15)21-17/h3-6,8,10,12,18H,2,7,9,11H2,1H3. The second-order valence-electron chi connectivity index (χ2n) is 5.13. The summed E-state index contributed by atoms with van der Waals surface area (Å²) in [5, 5.41) is 4.56. The third-order valence-corrected chi connectivity index (χ3v) is 4.34. The third-order valence-electron chi connectivity index (χ3n) is 3.30. The Labute approximate surface area is 129 Å². The van der Waals surface area contributed by atoms with Gasteiger partial charge in [-0.2, -0.15) is 0 Å². The van der Waals surface area contributed by atoms with Crippen LogP contribution in [0.15, 0.2) is 42.7 Å². The average molecular weight is 297 g/mol. The molecule has 0 bridgehead atoms. The van der Waals surface area contributed by atoms with Crippen LogP contribution in [-0.2, 0) is 13.0 Å². The number of aromatic nitrogens is 2. The van der Waals surface area contributed by atoms with E-state index in [-0.39, 0.29) is 0 Å². The van der Waals surface area contributed by atoms with Gasteiger partial charge in [0.05, 0.1) is 15.2 Å². The number of rotatable bonds is 6. The van der Waals surface area contributed by atoms with Crippen molar-refractivity contribution >= 4 is 21.6 Å². The molecule has 0 radical (unpaired) electrons. The molecule has 0 unspecified atom stereocenters. The van der Waals surface area contributed by atoms with Gasteiger partial charge < -0.3 is 5.32 Å². The molecule has 1 N–H and O–H groups in total. The van der Waals surface area contributed by atoms with Crippen LogP contribution in [0.3, 0.4) is 0 Å². The van der Waals surface area contributed by atoms with Crippen LogP contribution in [0.4, 0.5) is 0 Å². The van der Waals surface area contributed by atoms with Crippen molar-refractivity contribution in [1.29, 1.82) is 0 Å². The van der Waals surface area contributed by atoms with E-state index >= 15 is 0 Å². The molecule has 1 aromatic carbocycles. The molecule has 21 heavy (non-hydrogen) atoms. The van der Waals surface area contributed by atoms with Gasteiger partial charge in [0.25, 0.3) is 0 Å². The lowest BCUT2D eigenvalue weighted by Gasteiger charge is -2.04.